The van der Waals surface area contributed by atoms with E-state index >= 15 is 0 Å². The molecule has 108 valence electrons. The van der Waals surface area contributed by atoms with E-state index in [-0.39, 0.29) is 0 Å². The maximum Gasteiger partial charge on any atom is 0.104 e. The molecule has 2 heteroatoms. The monoisotopic (exact) mass is 254 g/mol. The maximum absolute atomic E-state index is 4.16. The van der Waals surface area contributed by atoms with E-state index in [1.807, 2.05) is 62.3 Å². The molecule has 1 N–H and O–H groups in total. The summed E-state index contributed by atoms with van der Waals surface area (Å²) in [5.74, 6) is 0.893. The highest BCUT2D eigenvalue weighted by atomic mass is 14.9. The van der Waals surface area contributed by atoms with Crippen LogP contribution in [0.5, 0.6) is 0 Å². The first kappa shape index (κ1) is 25.5. The van der Waals surface area contributed by atoms with Gasteiger partial charge < -0.3 is 4.98 Å². The Morgan fingerprint density at radius 2 is 1.22 bits per heavy atom. The third kappa shape index (κ3) is 12.8. The fourth-order valence-corrected chi connectivity index (χ4v) is 0.839. The number of hydrogen-bond acceptors (Lipinski definition) is 1. The molecule has 0 atom stereocenters. The molecule has 18 heavy (non-hydrogen) atoms. The Hall–Kier alpha value is -1.31. The second-order valence-electron chi connectivity index (χ2n) is 2.03. The van der Waals surface area contributed by atoms with Crippen molar-refractivity contribution in [2.24, 2.45) is 0 Å². The molecule has 2 nitrogen and oxygen atoms in total. The van der Waals surface area contributed by atoms with Gasteiger partial charge in [-0.3, -0.25) is 0 Å². The SMILES string of the molecule is C=Cc1nc(C)[nH]c1C=C.CC.CC.CC.CC. The van der Waals surface area contributed by atoms with E-state index in [1.165, 1.54) is 0 Å². The summed E-state index contributed by atoms with van der Waals surface area (Å²) in [6.45, 7) is 25.2. The van der Waals surface area contributed by atoms with Gasteiger partial charge in [0.1, 0.15) is 5.82 Å². The lowest BCUT2D eigenvalue weighted by Gasteiger charge is -1.84. The van der Waals surface area contributed by atoms with Crippen LogP contribution in [-0.2, 0) is 0 Å². The molecule has 1 aromatic rings. The number of H-pyrrole nitrogens is 1. The Balaban J connectivity index is -0.000000105. The minimum absolute atomic E-state index is 0.868. The smallest absolute Gasteiger partial charge is 0.104 e. The summed E-state index contributed by atoms with van der Waals surface area (Å²) in [5, 5.41) is 0. The van der Waals surface area contributed by atoms with Crippen molar-refractivity contribution in [3.63, 3.8) is 0 Å². The Bertz CT molecular complexity index is 235. The summed E-state index contributed by atoms with van der Waals surface area (Å²) < 4.78 is 0. The molecule has 1 heterocycles. The second kappa shape index (κ2) is 24.8. The Morgan fingerprint density at radius 1 is 0.833 bits per heavy atom. The van der Waals surface area contributed by atoms with Crippen molar-refractivity contribution in [2.75, 3.05) is 0 Å². The van der Waals surface area contributed by atoms with Crippen LogP contribution in [0.15, 0.2) is 13.2 Å². The number of nitrogens with zero attached hydrogens (tertiary/aromatic N) is 1. The Labute approximate surface area is 115 Å². The highest BCUT2D eigenvalue weighted by Gasteiger charge is 1.98. The topological polar surface area (TPSA) is 28.7 Å². The number of rotatable bonds is 2. The Morgan fingerprint density at radius 3 is 1.44 bits per heavy atom. The largest absolute Gasteiger partial charge is 0.342 e. The van der Waals surface area contributed by atoms with Gasteiger partial charge in [0, 0.05) is 0 Å². The van der Waals surface area contributed by atoms with Gasteiger partial charge in [-0.05, 0) is 19.1 Å². The van der Waals surface area contributed by atoms with E-state index in [0.717, 1.165) is 17.2 Å². The van der Waals surface area contributed by atoms with Crippen LogP contribution in [0.2, 0.25) is 0 Å². The summed E-state index contributed by atoms with van der Waals surface area (Å²) in [5.41, 5.74) is 1.81. The first-order valence-corrected chi connectivity index (χ1v) is 7.09. The molecule has 0 fully saturated rings. The minimum Gasteiger partial charge on any atom is -0.342 e. The molecule has 1 rings (SSSR count). The molecular weight excluding hydrogens is 220 g/mol. The quantitative estimate of drug-likeness (QED) is 0.677. The lowest BCUT2D eigenvalue weighted by atomic mass is 10.3. The molecular formula is C16H34N2. The number of aromatic amines is 1. The lowest BCUT2D eigenvalue weighted by molar-refractivity contribution is 1.14. The van der Waals surface area contributed by atoms with E-state index in [9.17, 15) is 0 Å². The first-order valence-electron chi connectivity index (χ1n) is 7.09. The fraction of sp³-hybridized carbons (Fsp3) is 0.562. The van der Waals surface area contributed by atoms with Crippen molar-refractivity contribution in [3.8, 4) is 0 Å². The van der Waals surface area contributed by atoms with Crippen molar-refractivity contribution in [1.29, 1.82) is 0 Å². The van der Waals surface area contributed by atoms with Crippen LogP contribution in [0.3, 0.4) is 0 Å². The number of imidazole rings is 1. The van der Waals surface area contributed by atoms with Gasteiger partial charge in [-0.2, -0.15) is 0 Å². The fourth-order valence-electron chi connectivity index (χ4n) is 0.839. The predicted octanol–water partition coefficient (Wildman–Crippen LogP) is 6.11. The summed E-state index contributed by atoms with van der Waals surface area (Å²) in [6.07, 6.45) is 3.44. The summed E-state index contributed by atoms with van der Waals surface area (Å²) >= 11 is 0. The van der Waals surface area contributed by atoms with Crippen molar-refractivity contribution in [3.05, 3.63) is 30.4 Å². The van der Waals surface area contributed by atoms with Gasteiger partial charge in [0.2, 0.25) is 0 Å². The minimum atomic E-state index is 0.868. The van der Waals surface area contributed by atoms with Crippen LogP contribution in [0.1, 0.15) is 72.6 Å². The highest BCUT2D eigenvalue weighted by molar-refractivity contribution is 5.57. The third-order valence-corrected chi connectivity index (χ3v) is 1.28. The molecule has 0 spiro atoms. The van der Waals surface area contributed by atoms with Gasteiger partial charge in [0.05, 0.1) is 11.4 Å². The lowest BCUT2D eigenvalue weighted by Crippen LogP contribution is -1.73. The number of aromatic nitrogens is 2. The first-order chi connectivity index (χ1) is 8.77. The zero-order chi connectivity index (χ0) is 15.6. The summed E-state index contributed by atoms with van der Waals surface area (Å²) in [7, 11) is 0. The summed E-state index contributed by atoms with van der Waals surface area (Å²) in [6, 6.07) is 0. The zero-order valence-corrected chi connectivity index (χ0v) is 14.0. The maximum atomic E-state index is 4.16. The molecule has 0 bridgehead atoms. The van der Waals surface area contributed by atoms with Crippen LogP contribution >= 0.6 is 0 Å². The Kier molecular flexibility index (Phi) is 35.1. The van der Waals surface area contributed by atoms with Crippen LogP contribution in [-0.4, -0.2) is 9.97 Å². The number of nitrogens with one attached hydrogen (secondary N) is 1. The molecule has 0 saturated carbocycles. The van der Waals surface area contributed by atoms with Crippen molar-refractivity contribution >= 4 is 12.2 Å². The van der Waals surface area contributed by atoms with Crippen molar-refractivity contribution < 1.29 is 0 Å². The van der Waals surface area contributed by atoms with Gasteiger partial charge in [-0.25, -0.2) is 4.98 Å². The van der Waals surface area contributed by atoms with Crippen LogP contribution in [0.4, 0.5) is 0 Å². The molecule has 0 saturated heterocycles. The van der Waals surface area contributed by atoms with E-state index in [4.69, 9.17) is 0 Å². The van der Waals surface area contributed by atoms with Crippen molar-refractivity contribution in [2.45, 2.75) is 62.3 Å². The van der Waals surface area contributed by atoms with E-state index < -0.39 is 0 Å². The van der Waals surface area contributed by atoms with Gasteiger partial charge in [-0.1, -0.05) is 68.5 Å². The van der Waals surface area contributed by atoms with Gasteiger partial charge in [-0.15, -0.1) is 0 Å². The molecule has 0 aliphatic heterocycles. The van der Waals surface area contributed by atoms with Gasteiger partial charge in [0.25, 0.3) is 0 Å². The second-order valence-corrected chi connectivity index (χ2v) is 2.03. The van der Waals surface area contributed by atoms with E-state index in [2.05, 4.69) is 23.1 Å². The zero-order valence-electron chi connectivity index (χ0n) is 14.0. The predicted molar refractivity (Wildman–Crippen MR) is 88.9 cm³/mol. The molecule has 0 aromatic carbocycles. The molecule has 0 amide bonds. The molecule has 0 radical (unpaired) electrons. The third-order valence-electron chi connectivity index (χ3n) is 1.28. The normalized spacial score (nSPS) is 6.50. The molecule has 0 aliphatic rings. The van der Waals surface area contributed by atoms with Crippen LogP contribution in [0, 0.1) is 6.92 Å². The molecule has 1 aromatic heterocycles. The average molecular weight is 254 g/mol. The van der Waals surface area contributed by atoms with Gasteiger partial charge >= 0.3 is 0 Å². The molecule has 0 aliphatic carbocycles. The van der Waals surface area contributed by atoms with Gasteiger partial charge in [0.15, 0.2) is 0 Å². The van der Waals surface area contributed by atoms with E-state index in [0.29, 0.717) is 0 Å². The standard InChI is InChI=1S/C8H10N2.4C2H6/c1-4-7-8(5-2)10-6(3)9-7;4*1-2/h4-5H,1-2H2,3H3,(H,9,10);4*1-2H3. The van der Waals surface area contributed by atoms with Crippen LogP contribution in [0.25, 0.3) is 12.2 Å². The highest BCUT2D eigenvalue weighted by Crippen LogP contribution is 2.07. The van der Waals surface area contributed by atoms with Crippen molar-refractivity contribution in [1.82, 2.24) is 9.97 Å². The van der Waals surface area contributed by atoms with E-state index in [1.54, 1.807) is 12.2 Å². The summed E-state index contributed by atoms with van der Waals surface area (Å²) in [4.78, 5) is 7.20. The average Bonchev–Trinajstić information content (AvgIpc) is 2.87. The number of aryl methyl sites for hydroxylation is 1. The molecule has 0 unspecified atom stereocenters. The van der Waals surface area contributed by atoms with Crippen LogP contribution < -0.4 is 0 Å². The number of hydrogen-bond donors (Lipinski definition) is 1.